The van der Waals surface area contributed by atoms with Crippen LogP contribution in [0.5, 0.6) is 0 Å². The fourth-order valence-corrected chi connectivity index (χ4v) is 2.69. The molecule has 116 valence electrons. The lowest BCUT2D eigenvalue weighted by atomic mass is 9.83. The molecule has 0 spiro atoms. The number of morpholine rings is 1. The zero-order valence-corrected chi connectivity index (χ0v) is 13.7. The second-order valence-electron chi connectivity index (χ2n) is 5.37. The first kappa shape index (κ1) is 18.9. The summed E-state index contributed by atoms with van der Waals surface area (Å²) in [6.45, 7) is 14.4. The molecule has 1 saturated heterocycles. The number of hydrogen-bond acceptors (Lipinski definition) is 3. The molecular formula is C16H35NO2. The van der Waals surface area contributed by atoms with Crippen LogP contribution in [0.1, 0.15) is 60.3 Å². The van der Waals surface area contributed by atoms with Crippen molar-refractivity contribution in [3.63, 3.8) is 0 Å². The molecule has 0 radical (unpaired) electrons. The predicted octanol–water partition coefficient (Wildman–Crippen LogP) is 3.31. The van der Waals surface area contributed by atoms with Crippen LogP contribution in [0.3, 0.4) is 0 Å². The Bertz CT molecular complexity index is 193. The number of hydrogen-bond donors (Lipinski definition) is 1. The van der Waals surface area contributed by atoms with Crippen LogP contribution < -0.4 is 0 Å². The molecule has 1 saturated carbocycles. The minimum atomic E-state index is -0.0703. The van der Waals surface area contributed by atoms with Crippen molar-refractivity contribution in [2.75, 3.05) is 26.3 Å². The molecule has 0 aromatic rings. The summed E-state index contributed by atoms with van der Waals surface area (Å²) in [4.78, 5) is 2.50. The molecule has 2 rings (SSSR count). The molecule has 19 heavy (non-hydrogen) atoms. The molecule has 2 aliphatic rings. The second kappa shape index (κ2) is 11.7. The maximum atomic E-state index is 9.67. The fourth-order valence-electron chi connectivity index (χ4n) is 2.69. The average molecular weight is 273 g/mol. The molecule has 2 fully saturated rings. The van der Waals surface area contributed by atoms with Gasteiger partial charge in [-0.1, -0.05) is 41.0 Å². The van der Waals surface area contributed by atoms with Crippen molar-refractivity contribution in [1.29, 1.82) is 0 Å². The molecule has 0 aromatic carbocycles. The smallest absolute Gasteiger partial charge is 0.0594 e. The number of rotatable bonds is 1. The minimum Gasteiger partial charge on any atom is -0.393 e. The summed E-state index contributed by atoms with van der Waals surface area (Å²) < 4.78 is 5.35. The van der Waals surface area contributed by atoms with Gasteiger partial charge in [-0.25, -0.2) is 0 Å². The van der Waals surface area contributed by atoms with Gasteiger partial charge < -0.3 is 9.84 Å². The largest absolute Gasteiger partial charge is 0.393 e. The highest BCUT2D eigenvalue weighted by atomic mass is 16.5. The van der Waals surface area contributed by atoms with Crippen molar-refractivity contribution in [3.05, 3.63) is 0 Å². The van der Waals surface area contributed by atoms with E-state index in [2.05, 4.69) is 25.7 Å². The lowest BCUT2D eigenvalue weighted by Gasteiger charge is -2.41. The van der Waals surface area contributed by atoms with Crippen LogP contribution in [0.15, 0.2) is 0 Å². The van der Waals surface area contributed by atoms with Gasteiger partial charge in [0.15, 0.2) is 0 Å². The quantitative estimate of drug-likeness (QED) is 0.795. The molecule has 1 N–H and O–H groups in total. The van der Waals surface area contributed by atoms with Gasteiger partial charge in [-0.05, 0) is 25.2 Å². The van der Waals surface area contributed by atoms with Crippen molar-refractivity contribution in [1.82, 2.24) is 4.90 Å². The Balaban J connectivity index is 0.000000573. The van der Waals surface area contributed by atoms with Gasteiger partial charge in [0, 0.05) is 19.1 Å². The van der Waals surface area contributed by atoms with Crippen molar-refractivity contribution in [2.45, 2.75) is 72.4 Å². The van der Waals surface area contributed by atoms with Gasteiger partial charge in [0.05, 0.1) is 19.3 Å². The standard InChI is InChI=1S/C11H21NO2.C3H8.C2H6/c1-9-2-3-10(13)8-11(9)12-4-6-14-7-5-12;1-3-2;1-2/h9-11,13H,2-8H2,1H3;3H2,1-2H3;1-2H3/t9?,10-,11?;;/m0../s1. The number of aliphatic hydroxyl groups is 1. The third-order valence-electron chi connectivity index (χ3n) is 3.64. The van der Waals surface area contributed by atoms with E-state index < -0.39 is 0 Å². The average Bonchev–Trinajstić information content (AvgIpc) is 2.45. The molecular weight excluding hydrogens is 238 g/mol. The number of aliphatic hydroxyl groups excluding tert-OH is 1. The highest BCUT2D eigenvalue weighted by molar-refractivity contribution is 4.85. The monoisotopic (exact) mass is 273 g/mol. The maximum absolute atomic E-state index is 9.67. The zero-order chi connectivity index (χ0) is 14.7. The first-order chi connectivity index (χ1) is 9.19. The highest BCUT2D eigenvalue weighted by Crippen LogP contribution is 2.28. The highest BCUT2D eigenvalue weighted by Gasteiger charge is 2.31. The molecule has 0 bridgehead atoms. The lowest BCUT2D eigenvalue weighted by Crippen LogP contribution is -2.49. The predicted molar refractivity (Wildman–Crippen MR) is 82.5 cm³/mol. The Kier molecular flexibility index (Phi) is 11.6. The first-order valence-corrected chi connectivity index (χ1v) is 8.18. The van der Waals surface area contributed by atoms with E-state index in [0.29, 0.717) is 6.04 Å². The normalized spacial score (nSPS) is 31.6. The van der Waals surface area contributed by atoms with Gasteiger partial charge >= 0.3 is 0 Å². The summed E-state index contributed by atoms with van der Waals surface area (Å²) in [5.41, 5.74) is 0. The van der Waals surface area contributed by atoms with E-state index >= 15 is 0 Å². The molecule has 0 amide bonds. The summed E-state index contributed by atoms with van der Waals surface area (Å²) in [5, 5.41) is 9.67. The zero-order valence-electron chi connectivity index (χ0n) is 13.7. The topological polar surface area (TPSA) is 32.7 Å². The molecule has 3 nitrogen and oxygen atoms in total. The third kappa shape index (κ3) is 7.28. The molecule has 3 atom stereocenters. The SMILES string of the molecule is CC.CC1CC[C@H](O)CC1N1CCOCC1.CCC. The minimum absolute atomic E-state index is 0.0703. The van der Waals surface area contributed by atoms with E-state index in [1.54, 1.807) is 0 Å². The fraction of sp³-hybridized carbons (Fsp3) is 1.00. The van der Waals surface area contributed by atoms with E-state index in [1.165, 1.54) is 12.8 Å². The van der Waals surface area contributed by atoms with E-state index in [0.717, 1.165) is 45.1 Å². The van der Waals surface area contributed by atoms with Gasteiger partial charge in [0.2, 0.25) is 0 Å². The van der Waals surface area contributed by atoms with Crippen molar-refractivity contribution in [2.24, 2.45) is 5.92 Å². The first-order valence-electron chi connectivity index (χ1n) is 8.18. The Morgan fingerprint density at radius 1 is 1.11 bits per heavy atom. The lowest BCUT2D eigenvalue weighted by molar-refractivity contribution is -0.0267. The van der Waals surface area contributed by atoms with E-state index in [9.17, 15) is 5.11 Å². The van der Waals surface area contributed by atoms with Crippen molar-refractivity contribution < 1.29 is 9.84 Å². The van der Waals surface area contributed by atoms with Gasteiger partial charge in [0.25, 0.3) is 0 Å². The molecule has 3 heteroatoms. The second-order valence-corrected chi connectivity index (χ2v) is 5.37. The number of ether oxygens (including phenoxy) is 1. The van der Waals surface area contributed by atoms with Crippen LogP contribution >= 0.6 is 0 Å². The Morgan fingerprint density at radius 2 is 1.63 bits per heavy atom. The Morgan fingerprint density at radius 3 is 2.16 bits per heavy atom. The molecule has 1 aliphatic carbocycles. The van der Waals surface area contributed by atoms with Crippen molar-refractivity contribution in [3.8, 4) is 0 Å². The van der Waals surface area contributed by atoms with E-state index in [4.69, 9.17) is 4.74 Å². The Labute approximate surface area is 120 Å². The maximum Gasteiger partial charge on any atom is 0.0594 e. The van der Waals surface area contributed by atoms with Gasteiger partial charge in [-0.2, -0.15) is 0 Å². The summed E-state index contributed by atoms with van der Waals surface area (Å²) in [7, 11) is 0. The van der Waals surface area contributed by atoms with Crippen LogP contribution in [-0.2, 0) is 4.74 Å². The van der Waals surface area contributed by atoms with E-state index in [-0.39, 0.29) is 6.10 Å². The van der Waals surface area contributed by atoms with Crippen LogP contribution in [0.4, 0.5) is 0 Å². The molecule has 1 aliphatic heterocycles. The summed E-state index contributed by atoms with van der Waals surface area (Å²) in [6.07, 6.45) is 4.30. The molecule has 0 aromatic heterocycles. The van der Waals surface area contributed by atoms with E-state index in [1.807, 2.05) is 13.8 Å². The third-order valence-corrected chi connectivity index (χ3v) is 3.64. The summed E-state index contributed by atoms with van der Waals surface area (Å²) in [5.74, 6) is 0.733. The van der Waals surface area contributed by atoms with Crippen LogP contribution in [-0.4, -0.2) is 48.5 Å². The van der Waals surface area contributed by atoms with Gasteiger partial charge in [-0.3, -0.25) is 4.90 Å². The Hall–Kier alpha value is -0.120. The summed E-state index contributed by atoms with van der Waals surface area (Å²) >= 11 is 0. The van der Waals surface area contributed by atoms with Gasteiger partial charge in [0.1, 0.15) is 0 Å². The van der Waals surface area contributed by atoms with Gasteiger partial charge in [-0.15, -0.1) is 0 Å². The summed E-state index contributed by atoms with van der Waals surface area (Å²) in [6, 6.07) is 0.586. The van der Waals surface area contributed by atoms with Crippen LogP contribution in [0.25, 0.3) is 0 Å². The van der Waals surface area contributed by atoms with Crippen LogP contribution in [0.2, 0.25) is 0 Å². The molecule has 2 unspecified atom stereocenters. The molecule has 1 heterocycles. The van der Waals surface area contributed by atoms with Crippen LogP contribution in [0, 0.1) is 5.92 Å². The van der Waals surface area contributed by atoms with Crippen molar-refractivity contribution >= 4 is 0 Å². The number of nitrogens with zero attached hydrogens (tertiary/aromatic N) is 1.